The van der Waals surface area contributed by atoms with Crippen molar-refractivity contribution in [3.05, 3.63) is 35.4 Å². The molecule has 3 heteroatoms. The first-order chi connectivity index (χ1) is 11.3. The standard InChI is InChI=1S/C20H28N2O/c23-20(22-13-11-16-6-1-2-7-17(16)14-22)18-8-5-12-21(15-18)19-9-3-4-10-19/h1-2,6-7,18-19H,3-5,8-15H2. The van der Waals surface area contributed by atoms with Crippen LogP contribution < -0.4 is 0 Å². The van der Waals surface area contributed by atoms with Crippen LogP contribution in [0, 0.1) is 5.92 Å². The van der Waals surface area contributed by atoms with Gasteiger partial charge in [0.2, 0.25) is 5.91 Å². The first-order valence-electron chi connectivity index (χ1n) is 9.41. The van der Waals surface area contributed by atoms with Crippen LogP contribution in [0.15, 0.2) is 24.3 Å². The number of carbonyl (C=O) groups is 1. The Morgan fingerprint density at radius 3 is 2.57 bits per heavy atom. The smallest absolute Gasteiger partial charge is 0.227 e. The molecule has 0 aromatic heterocycles. The predicted molar refractivity (Wildman–Crippen MR) is 92.1 cm³/mol. The van der Waals surface area contributed by atoms with Crippen LogP contribution >= 0.6 is 0 Å². The molecule has 1 aliphatic carbocycles. The molecular formula is C20H28N2O. The minimum atomic E-state index is 0.231. The Hall–Kier alpha value is -1.35. The molecule has 1 atom stereocenters. The van der Waals surface area contributed by atoms with E-state index >= 15 is 0 Å². The van der Waals surface area contributed by atoms with Crippen LogP contribution in [0.4, 0.5) is 0 Å². The van der Waals surface area contributed by atoms with Gasteiger partial charge in [-0.05, 0) is 49.8 Å². The Kier molecular flexibility index (Phi) is 4.39. The highest BCUT2D eigenvalue weighted by molar-refractivity contribution is 5.79. The van der Waals surface area contributed by atoms with Gasteiger partial charge in [-0.2, -0.15) is 0 Å². The molecule has 1 aromatic carbocycles. The van der Waals surface area contributed by atoms with Crippen LogP contribution in [0.2, 0.25) is 0 Å². The maximum absolute atomic E-state index is 13.0. The summed E-state index contributed by atoms with van der Waals surface area (Å²) in [5.41, 5.74) is 2.77. The number of benzene rings is 1. The Labute approximate surface area is 139 Å². The highest BCUT2D eigenvalue weighted by Crippen LogP contribution is 2.29. The van der Waals surface area contributed by atoms with E-state index in [2.05, 4.69) is 34.1 Å². The van der Waals surface area contributed by atoms with Crippen LogP contribution in [-0.2, 0) is 17.8 Å². The fourth-order valence-electron chi connectivity index (χ4n) is 4.75. The molecule has 1 amide bonds. The van der Waals surface area contributed by atoms with Gasteiger partial charge in [-0.15, -0.1) is 0 Å². The summed E-state index contributed by atoms with van der Waals surface area (Å²) in [5.74, 6) is 0.636. The summed E-state index contributed by atoms with van der Waals surface area (Å²) >= 11 is 0. The molecule has 0 N–H and O–H groups in total. The van der Waals surface area contributed by atoms with Crippen molar-refractivity contribution in [2.24, 2.45) is 5.92 Å². The van der Waals surface area contributed by atoms with Gasteiger partial charge in [-0.25, -0.2) is 0 Å². The Balaban J connectivity index is 1.40. The second kappa shape index (κ2) is 6.64. The zero-order chi connectivity index (χ0) is 15.6. The van der Waals surface area contributed by atoms with Gasteiger partial charge in [-0.1, -0.05) is 37.1 Å². The zero-order valence-electron chi connectivity index (χ0n) is 14.0. The first kappa shape index (κ1) is 15.2. The third-order valence-electron chi connectivity index (χ3n) is 6.09. The second-order valence-corrected chi connectivity index (χ2v) is 7.55. The van der Waals surface area contributed by atoms with Crippen LogP contribution in [-0.4, -0.2) is 41.4 Å². The Morgan fingerprint density at radius 1 is 0.957 bits per heavy atom. The molecule has 4 rings (SSSR count). The number of hydrogen-bond donors (Lipinski definition) is 0. The molecular weight excluding hydrogens is 284 g/mol. The van der Waals surface area contributed by atoms with Gasteiger partial charge in [-0.3, -0.25) is 9.69 Å². The molecule has 0 radical (unpaired) electrons. The minimum Gasteiger partial charge on any atom is -0.338 e. The Bertz CT molecular complexity index is 565. The summed E-state index contributed by atoms with van der Waals surface area (Å²) in [4.78, 5) is 17.8. The van der Waals surface area contributed by atoms with E-state index in [-0.39, 0.29) is 5.92 Å². The summed E-state index contributed by atoms with van der Waals surface area (Å²) in [7, 11) is 0. The molecule has 2 aliphatic heterocycles. The maximum atomic E-state index is 13.0. The fraction of sp³-hybridized carbons (Fsp3) is 0.650. The van der Waals surface area contributed by atoms with E-state index in [1.807, 2.05) is 0 Å². The lowest BCUT2D eigenvalue weighted by Gasteiger charge is -2.39. The topological polar surface area (TPSA) is 23.6 Å². The monoisotopic (exact) mass is 312 g/mol. The molecule has 23 heavy (non-hydrogen) atoms. The molecule has 1 aromatic rings. The van der Waals surface area contributed by atoms with Gasteiger partial charge >= 0.3 is 0 Å². The number of amides is 1. The van der Waals surface area contributed by atoms with E-state index in [0.29, 0.717) is 5.91 Å². The zero-order valence-corrected chi connectivity index (χ0v) is 14.0. The lowest BCUT2D eigenvalue weighted by atomic mass is 9.93. The van der Waals surface area contributed by atoms with Crippen LogP contribution in [0.3, 0.4) is 0 Å². The predicted octanol–water partition coefficient (Wildman–Crippen LogP) is 3.23. The molecule has 2 heterocycles. The van der Waals surface area contributed by atoms with E-state index in [9.17, 15) is 4.79 Å². The van der Waals surface area contributed by atoms with Gasteiger partial charge in [0.15, 0.2) is 0 Å². The van der Waals surface area contributed by atoms with E-state index in [4.69, 9.17) is 0 Å². The largest absolute Gasteiger partial charge is 0.338 e. The van der Waals surface area contributed by atoms with Gasteiger partial charge in [0.1, 0.15) is 0 Å². The maximum Gasteiger partial charge on any atom is 0.227 e. The van der Waals surface area contributed by atoms with Crippen molar-refractivity contribution in [1.29, 1.82) is 0 Å². The molecule has 1 saturated carbocycles. The average Bonchev–Trinajstić information content (AvgIpc) is 3.15. The van der Waals surface area contributed by atoms with Gasteiger partial charge in [0.25, 0.3) is 0 Å². The number of carbonyl (C=O) groups excluding carboxylic acids is 1. The number of nitrogens with zero attached hydrogens (tertiary/aromatic N) is 2. The molecule has 0 bridgehead atoms. The van der Waals surface area contributed by atoms with E-state index < -0.39 is 0 Å². The van der Waals surface area contributed by atoms with Gasteiger partial charge in [0.05, 0.1) is 5.92 Å². The van der Waals surface area contributed by atoms with Crippen LogP contribution in [0.25, 0.3) is 0 Å². The number of fused-ring (bicyclic) bond motifs is 1. The van der Waals surface area contributed by atoms with Crippen molar-refractivity contribution >= 4 is 5.91 Å². The van der Waals surface area contributed by atoms with Crippen molar-refractivity contribution in [2.45, 2.75) is 57.5 Å². The second-order valence-electron chi connectivity index (χ2n) is 7.55. The number of likely N-dealkylation sites (tertiary alicyclic amines) is 1. The van der Waals surface area contributed by atoms with Crippen molar-refractivity contribution in [3.63, 3.8) is 0 Å². The summed E-state index contributed by atoms with van der Waals surface area (Å²) < 4.78 is 0. The normalized spacial score (nSPS) is 26.3. The number of rotatable bonds is 2. The van der Waals surface area contributed by atoms with Gasteiger partial charge in [0, 0.05) is 25.7 Å². The van der Waals surface area contributed by atoms with Crippen molar-refractivity contribution in [2.75, 3.05) is 19.6 Å². The molecule has 0 spiro atoms. The molecule has 3 aliphatic rings. The third-order valence-corrected chi connectivity index (χ3v) is 6.09. The average molecular weight is 312 g/mol. The fourth-order valence-corrected chi connectivity index (χ4v) is 4.75. The summed E-state index contributed by atoms with van der Waals surface area (Å²) in [5, 5.41) is 0. The molecule has 1 unspecified atom stereocenters. The number of hydrogen-bond acceptors (Lipinski definition) is 2. The van der Waals surface area contributed by atoms with E-state index in [1.54, 1.807) is 0 Å². The first-order valence-corrected chi connectivity index (χ1v) is 9.41. The van der Waals surface area contributed by atoms with Crippen molar-refractivity contribution < 1.29 is 4.79 Å². The third kappa shape index (κ3) is 3.16. The summed E-state index contributed by atoms with van der Waals surface area (Å²) in [6.45, 7) is 3.92. The summed E-state index contributed by atoms with van der Waals surface area (Å²) in [6, 6.07) is 9.35. The highest BCUT2D eigenvalue weighted by atomic mass is 16.2. The minimum absolute atomic E-state index is 0.231. The van der Waals surface area contributed by atoms with Crippen LogP contribution in [0.5, 0.6) is 0 Å². The molecule has 124 valence electrons. The van der Waals surface area contributed by atoms with E-state index in [1.165, 1.54) is 49.8 Å². The summed E-state index contributed by atoms with van der Waals surface area (Å²) in [6.07, 6.45) is 8.74. The van der Waals surface area contributed by atoms with Crippen LogP contribution in [0.1, 0.15) is 49.7 Å². The lowest BCUT2D eigenvalue weighted by Crippen LogP contribution is -2.48. The molecule has 2 fully saturated rings. The number of piperidine rings is 1. The lowest BCUT2D eigenvalue weighted by molar-refractivity contribution is -0.138. The van der Waals surface area contributed by atoms with Gasteiger partial charge < -0.3 is 4.90 Å². The molecule has 1 saturated heterocycles. The van der Waals surface area contributed by atoms with E-state index in [0.717, 1.165) is 38.5 Å². The van der Waals surface area contributed by atoms with Crippen molar-refractivity contribution in [3.8, 4) is 0 Å². The SMILES string of the molecule is O=C(C1CCCN(C2CCCC2)C1)N1CCc2ccccc2C1. The molecule has 3 nitrogen and oxygen atoms in total. The van der Waals surface area contributed by atoms with Crippen molar-refractivity contribution in [1.82, 2.24) is 9.80 Å². The quantitative estimate of drug-likeness (QED) is 0.837. The highest BCUT2D eigenvalue weighted by Gasteiger charge is 2.33. The Morgan fingerprint density at radius 2 is 1.74 bits per heavy atom.